The quantitative estimate of drug-likeness (QED) is 0.661. The summed E-state index contributed by atoms with van der Waals surface area (Å²) in [6.07, 6.45) is 0. The SMILES string of the molecule is CCn1c(C#Cc2ccc(C(=O)N(C)C)cc2)c(C#N)c2ccc(OC)cc21. The van der Waals surface area contributed by atoms with Crippen LogP contribution in [0, 0.1) is 23.2 Å². The van der Waals surface area contributed by atoms with Crippen LogP contribution in [0.25, 0.3) is 10.9 Å². The van der Waals surface area contributed by atoms with E-state index < -0.39 is 0 Å². The zero-order valence-electron chi connectivity index (χ0n) is 16.4. The van der Waals surface area contributed by atoms with Crippen LogP contribution in [0.5, 0.6) is 5.75 Å². The van der Waals surface area contributed by atoms with E-state index in [-0.39, 0.29) is 5.91 Å². The fourth-order valence-corrected chi connectivity index (χ4v) is 3.11. The van der Waals surface area contributed by atoms with Crippen molar-refractivity contribution in [1.29, 1.82) is 5.26 Å². The van der Waals surface area contributed by atoms with Gasteiger partial charge in [-0.25, -0.2) is 0 Å². The van der Waals surface area contributed by atoms with Crippen molar-refractivity contribution in [1.82, 2.24) is 9.47 Å². The summed E-state index contributed by atoms with van der Waals surface area (Å²) >= 11 is 0. The molecule has 28 heavy (non-hydrogen) atoms. The molecule has 0 N–H and O–H groups in total. The number of benzene rings is 2. The van der Waals surface area contributed by atoms with Crippen LogP contribution in [0.1, 0.15) is 34.1 Å². The van der Waals surface area contributed by atoms with E-state index in [2.05, 4.69) is 17.9 Å². The van der Waals surface area contributed by atoms with Crippen LogP contribution < -0.4 is 4.74 Å². The van der Waals surface area contributed by atoms with Gasteiger partial charge in [-0.05, 0) is 49.2 Å². The van der Waals surface area contributed by atoms with Crippen LogP contribution in [0.2, 0.25) is 0 Å². The summed E-state index contributed by atoms with van der Waals surface area (Å²) in [7, 11) is 5.06. The minimum Gasteiger partial charge on any atom is -0.497 e. The average molecular weight is 371 g/mol. The van der Waals surface area contributed by atoms with Gasteiger partial charge in [0.1, 0.15) is 17.5 Å². The maximum atomic E-state index is 12.0. The van der Waals surface area contributed by atoms with Gasteiger partial charge in [0.25, 0.3) is 5.91 Å². The predicted octanol–water partition coefficient (Wildman–Crippen LogP) is 3.64. The molecule has 0 aliphatic carbocycles. The van der Waals surface area contributed by atoms with Crippen molar-refractivity contribution in [2.45, 2.75) is 13.5 Å². The highest BCUT2D eigenvalue weighted by atomic mass is 16.5. The molecule has 0 bridgehead atoms. The molecular formula is C23H21N3O2. The van der Waals surface area contributed by atoms with Gasteiger partial charge in [-0.1, -0.05) is 5.92 Å². The van der Waals surface area contributed by atoms with E-state index in [1.807, 2.05) is 41.8 Å². The van der Waals surface area contributed by atoms with E-state index in [0.29, 0.717) is 23.4 Å². The molecule has 0 spiro atoms. The molecule has 3 aromatic rings. The Bertz CT molecular complexity index is 1140. The molecule has 0 saturated heterocycles. The smallest absolute Gasteiger partial charge is 0.253 e. The lowest BCUT2D eigenvalue weighted by atomic mass is 10.1. The molecule has 1 amide bonds. The summed E-state index contributed by atoms with van der Waals surface area (Å²) in [6, 6.07) is 15.1. The summed E-state index contributed by atoms with van der Waals surface area (Å²) in [5.41, 5.74) is 3.57. The van der Waals surface area contributed by atoms with E-state index in [9.17, 15) is 10.1 Å². The Kier molecular flexibility index (Phi) is 5.38. The van der Waals surface area contributed by atoms with Crippen LogP contribution in [0.4, 0.5) is 0 Å². The van der Waals surface area contributed by atoms with E-state index in [4.69, 9.17) is 4.74 Å². The number of aromatic nitrogens is 1. The second-order valence-electron chi connectivity index (χ2n) is 6.49. The topological polar surface area (TPSA) is 58.3 Å². The van der Waals surface area contributed by atoms with Gasteiger partial charge in [0.15, 0.2) is 0 Å². The van der Waals surface area contributed by atoms with E-state index in [1.165, 1.54) is 4.90 Å². The van der Waals surface area contributed by atoms with E-state index in [1.54, 1.807) is 33.3 Å². The lowest BCUT2D eigenvalue weighted by Crippen LogP contribution is -2.21. The van der Waals surface area contributed by atoms with Crippen molar-refractivity contribution in [2.24, 2.45) is 0 Å². The first kappa shape index (κ1) is 19.1. The molecule has 5 nitrogen and oxygen atoms in total. The van der Waals surface area contributed by atoms with Crippen molar-refractivity contribution in [2.75, 3.05) is 21.2 Å². The molecule has 0 saturated carbocycles. The third kappa shape index (κ3) is 3.43. The Balaban J connectivity index is 2.06. The molecule has 0 aliphatic rings. The third-order valence-electron chi connectivity index (χ3n) is 4.56. The second-order valence-corrected chi connectivity index (χ2v) is 6.49. The van der Waals surface area contributed by atoms with Crippen LogP contribution in [-0.4, -0.2) is 36.6 Å². The Morgan fingerprint density at radius 1 is 1.14 bits per heavy atom. The average Bonchev–Trinajstić information content (AvgIpc) is 3.03. The van der Waals surface area contributed by atoms with E-state index in [0.717, 1.165) is 22.2 Å². The number of hydrogen-bond donors (Lipinski definition) is 0. The van der Waals surface area contributed by atoms with Gasteiger partial charge in [-0.2, -0.15) is 5.26 Å². The molecule has 1 heterocycles. The van der Waals surface area contributed by atoms with Gasteiger partial charge in [0.05, 0.1) is 18.2 Å². The number of hydrogen-bond acceptors (Lipinski definition) is 3. The molecule has 0 aliphatic heterocycles. The molecule has 5 heteroatoms. The van der Waals surface area contributed by atoms with E-state index >= 15 is 0 Å². The first-order valence-electron chi connectivity index (χ1n) is 8.94. The third-order valence-corrected chi connectivity index (χ3v) is 4.56. The number of nitriles is 1. The van der Waals surface area contributed by atoms with Crippen molar-refractivity contribution < 1.29 is 9.53 Å². The summed E-state index contributed by atoms with van der Waals surface area (Å²) in [6.45, 7) is 2.71. The Morgan fingerprint density at radius 2 is 1.86 bits per heavy atom. The zero-order chi connectivity index (χ0) is 20.3. The van der Waals surface area contributed by atoms with Crippen molar-refractivity contribution in [3.63, 3.8) is 0 Å². The van der Waals surface area contributed by atoms with Gasteiger partial charge in [0.2, 0.25) is 0 Å². The number of ether oxygens (including phenoxy) is 1. The number of carbonyl (C=O) groups excluding carboxylic acids is 1. The van der Waals surface area contributed by atoms with Gasteiger partial charge >= 0.3 is 0 Å². The number of nitrogens with zero attached hydrogens (tertiary/aromatic N) is 3. The molecule has 0 unspecified atom stereocenters. The van der Waals surface area contributed by atoms with Crippen molar-refractivity contribution >= 4 is 16.8 Å². The number of fused-ring (bicyclic) bond motifs is 1. The highest BCUT2D eigenvalue weighted by Crippen LogP contribution is 2.28. The molecule has 0 atom stereocenters. The molecule has 0 fully saturated rings. The second kappa shape index (κ2) is 7.90. The van der Waals surface area contributed by atoms with Crippen LogP contribution in [0.15, 0.2) is 42.5 Å². The zero-order valence-corrected chi connectivity index (χ0v) is 16.4. The van der Waals surface area contributed by atoms with Crippen LogP contribution in [-0.2, 0) is 6.54 Å². The van der Waals surface area contributed by atoms with Crippen molar-refractivity contribution in [3.8, 4) is 23.7 Å². The maximum absolute atomic E-state index is 12.0. The highest BCUT2D eigenvalue weighted by Gasteiger charge is 2.15. The van der Waals surface area contributed by atoms with Gasteiger partial charge in [-0.3, -0.25) is 4.79 Å². The fraction of sp³-hybridized carbons (Fsp3) is 0.217. The lowest BCUT2D eigenvalue weighted by molar-refractivity contribution is 0.0827. The van der Waals surface area contributed by atoms with Gasteiger partial charge in [0, 0.05) is 43.2 Å². The fourth-order valence-electron chi connectivity index (χ4n) is 3.11. The lowest BCUT2D eigenvalue weighted by Gasteiger charge is -2.09. The first-order valence-corrected chi connectivity index (χ1v) is 8.94. The molecule has 2 aromatic carbocycles. The van der Waals surface area contributed by atoms with Gasteiger partial charge < -0.3 is 14.2 Å². The monoisotopic (exact) mass is 371 g/mol. The minimum atomic E-state index is -0.0497. The number of rotatable bonds is 3. The number of amides is 1. The Morgan fingerprint density at radius 3 is 2.43 bits per heavy atom. The molecular weight excluding hydrogens is 350 g/mol. The van der Waals surface area contributed by atoms with Gasteiger partial charge in [-0.15, -0.1) is 0 Å². The highest BCUT2D eigenvalue weighted by molar-refractivity contribution is 5.94. The largest absolute Gasteiger partial charge is 0.497 e. The summed E-state index contributed by atoms with van der Waals surface area (Å²) in [4.78, 5) is 13.5. The van der Waals surface area contributed by atoms with Crippen LogP contribution in [0.3, 0.4) is 0 Å². The first-order chi connectivity index (χ1) is 13.5. The normalized spacial score (nSPS) is 10.1. The molecule has 140 valence electrons. The Labute approximate surface area is 164 Å². The summed E-state index contributed by atoms with van der Waals surface area (Å²) in [5, 5.41) is 10.6. The Hall–Kier alpha value is -3.70. The predicted molar refractivity (Wildman–Crippen MR) is 109 cm³/mol. The number of aryl methyl sites for hydroxylation is 1. The van der Waals surface area contributed by atoms with Crippen molar-refractivity contribution in [3.05, 3.63) is 64.8 Å². The molecule has 1 aromatic heterocycles. The summed E-state index contributed by atoms with van der Waals surface area (Å²) in [5.74, 6) is 6.96. The maximum Gasteiger partial charge on any atom is 0.253 e. The number of methoxy groups -OCH3 is 1. The molecule has 3 rings (SSSR count). The van der Waals surface area contributed by atoms with Crippen LogP contribution >= 0.6 is 0 Å². The number of carbonyl (C=O) groups is 1. The standard InChI is InChI=1S/C23H21N3O2/c1-5-26-21(20(15-24)19-12-11-18(28-4)14-22(19)26)13-8-16-6-9-17(10-7-16)23(27)25(2)3/h6-7,9-12,14H,5H2,1-4H3. The summed E-state index contributed by atoms with van der Waals surface area (Å²) < 4.78 is 7.34. The molecule has 0 radical (unpaired) electrons. The minimum absolute atomic E-state index is 0.0497.